The molecule has 12 heteroatoms. The van der Waals surface area contributed by atoms with E-state index >= 15 is 0 Å². The van der Waals surface area contributed by atoms with Gasteiger partial charge in [-0.15, -0.1) is 0 Å². The average Bonchev–Trinajstić information content (AvgIpc) is 3.62. The molecular weight excluding hydrogens is 749 g/mol. The Morgan fingerprint density at radius 2 is 1.56 bits per heavy atom. The minimum Gasteiger partial charge on any atom is -0.491 e. The van der Waals surface area contributed by atoms with Crippen molar-refractivity contribution in [2.24, 2.45) is 17.9 Å². The number of allylic oxidation sites excluding steroid dienone is 1. The summed E-state index contributed by atoms with van der Waals surface area (Å²) in [5, 5.41) is 2.36. The normalized spacial score (nSPS) is 25.8. The highest BCUT2D eigenvalue weighted by Crippen LogP contribution is 2.73. The lowest BCUT2D eigenvalue weighted by Gasteiger charge is -2.70. The Morgan fingerprint density at radius 1 is 0.780 bits per heavy atom. The third kappa shape index (κ3) is 7.00. The molecule has 3 aromatic heterocycles. The van der Waals surface area contributed by atoms with E-state index in [1.165, 1.54) is 16.4 Å². The zero-order chi connectivity index (χ0) is 40.3. The maximum atomic E-state index is 13.1. The fraction of sp³-hybridized carbons (Fsp3) is 0.426. The fourth-order valence-corrected chi connectivity index (χ4v) is 10.2. The van der Waals surface area contributed by atoms with Crippen molar-refractivity contribution in [3.63, 3.8) is 0 Å². The van der Waals surface area contributed by atoms with E-state index in [1.54, 1.807) is 18.2 Å². The fourth-order valence-electron chi connectivity index (χ4n) is 10.2. The predicted octanol–water partition coefficient (Wildman–Crippen LogP) is 7.27. The lowest BCUT2D eigenvalue weighted by molar-refractivity contribution is -0.264. The molecule has 2 bridgehead atoms. The second-order valence-electron chi connectivity index (χ2n) is 17.4. The smallest absolute Gasteiger partial charge is 0.262 e. The Labute approximate surface area is 342 Å². The third-order valence-corrected chi connectivity index (χ3v) is 13.1. The number of carbonyl (C=O) groups excluding carboxylic acids is 3. The minimum atomic E-state index is -0.733. The molecule has 4 heterocycles. The molecule has 5 saturated carbocycles. The first kappa shape index (κ1) is 37.8. The van der Waals surface area contributed by atoms with Gasteiger partial charge in [-0.25, -0.2) is 4.98 Å². The van der Waals surface area contributed by atoms with Crippen molar-refractivity contribution in [3.8, 4) is 22.8 Å². The highest BCUT2D eigenvalue weighted by molar-refractivity contribution is 6.23. The number of nitrogens with zero attached hydrogens (tertiary/aromatic N) is 4. The van der Waals surface area contributed by atoms with E-state index in [-0.39, 0.29) is 35.4 Å². The van der Waals surface area contributed by atoms with Gasteiger partial charge in [0, 0.05) is 72.8 Å². The van der Waals surface area contributed by atoms with Crippen LogP contribution in [0.5, 0.6) is 11.6 Å². The number of pyridine rings is 2. The van der Waals surface area contributed by atoms with E-state index in [9.17, 15) is 14.4 Å². The Bertz CT molecular complexity index is 2470. The van der Waals surface area contributed by atoms with Crippen LogP contribution in [-0.4, -0.2) is 94.9 Å². The van der Waals surface area contributed by atoms with Crippen molar-refractivity contribution in [1.29, 1.82) is 0 Å². The Hall–Kier alpha value is -5.43. The van der Waals surface area contributed by atoms with Crippen LogP contribution in [-0.2, 0) is 26.1 Å². The molecular formula is C47H48N4O8. The molecule has 12 nitrogen and oxygen atoms in total. The number of rotatable bonds is 16. The topological polar surface area (TPSA) is 131 Å². The molecule has 5 fully saturated rings. The van der Waals surface area contributed by atoms with Crippen LogP contribution in [0.2, 0.25) is 0 Å². The van der Waals surface area contributed by atoms with Gasteiger partial charge in [0.15, 0.2) is 5.78 Å². The van der Waals surface area contributed by atoms with E-state index in [2.05, 4.69) is 58.5 Å². The van der Waals surface area contributed by atoms with Crippen LogP contribution in [0.25, 0.3) is 32.9 Å². The zero-order valence-corrected chi connectivity index (χ0v) is 33.3. The number of hydrogen-bond acceptors (Lipinski definition) is 10. The Morgan fingerprint density at radius 3 is 2.37 bits per heavy atom. The van der Waals surface area contributed by atoms with Crippen LogP contribution in [0.1, 0.15) is 72.1 Å². The molecule has 0 spiro atoms. The van der Waals surface area contributed by atoms with Gasteiger partial charge in [0.1, 0.15) is 18.5 Å². The lowest BCUT2D eigenvalue weighted by atomic mass is 9.35. The number of fused-ring (bicyclic) bond motifs is 4. The van der Waals surface area contributed by atoms with Gasteiger partial charge in [-0.2, -0.15) is 0 Å². The molecule has 1 unspecified atom stereocenters. The second kappa shape index (κ2) is 15.0. The molecule has 2 aromatic carbocycles. The standard InChI is InChI=1S/C47H48N4O8/c1-29-3-9-40(42(52)17-29)51-44(53)36-8-6-32(21-37(36)45(51)54)57-16-15-55-13-14-56-27-46-24-47(25-46,26-46)28-58-33-19-34(20-33)59-43-10-5-31(22-49-43)30-4-7-35-38-23-48-12-11-39(38)50(2)41(35)18-30/h4-8,10-12,18,21-23,33-34,40H,1,3,9,13-17,19-20,24-28H2,2H3. The van der Waals surface area contributed by atoms with Crippen molar-refractivity contribution in [1.82, 2.24) is 19.4 Å². The van der Waals surface area contributed by atoms with Gasteiger partial charge < -0.3 is 28.3 Å². The first-order valence-electron chi connectivity index (χ1n) is 20.7. The number of hydrogen-bond donors (Lipinski definition) is 0. The Kier molecular flexibility index (Phi) is 9.61. The molecule has 0 radical (unpaired) electrons. The number of benzene rings is 2. The first-order valence-corrected chi connectivity index (χ1v) is 20.7. The summed E-state index contributed by atoms with van der Waals surface area (Å²) in [5.74, 6) is 0.115. The first-order chi connectivity index (χ1) is 28.7. The molecule has 5 aromatic rings. The van der Waals surface area contributed by atoms with Crippen molar-refractivity contribution in [3.05, 3.63) is 96.5 Å². The van der Waals surface area contributed by atoms with Gasteiger partial charge in [-0.05, 0) is 84.9 Å². The lowest BCUT2D eigenvalue weighted by Crippen LogP contribution is -2.66. The highest BCUT2D eigenvalue weighted by Gasteiger charge is 2.67. The summed E-state index contributed by atoms with van der Waals surface area (Å²) in [6.45, 7) is 7.07. The van der Waals surface area contributed by atoms with Crippen LogP contribution in [0.15, 0.2) is 85.3 Å². The number of aromatic nitrogens is 3. The summed E-state index contributed by atoms with van der Waals surface area (Å²) >= 11 is 0. The molecule has 6 aliphatic rings. The number of aryl methyl sites for hydroxylation is 1. The minimum absolute atomic E-state index is 0.130. The summed E-state index contributed by atoms with van der Waals surface area (Å²) in [6, 6.07) is 16.7. The number of ketones is 1. The zero-order valence-electron chi connectivity index (χ0n) is 33.3. The van der Waals surface area contributed by atoms with E-state index in [0.717, 1.165) is 72.3 Å². The largest absolute Gasteiger partial charge is 0.491 e. The Balaban J connectivity index is 0.585. The quantitative estimate of drug-likeness (QED) is 0.0571. The van der Waals surface area contributed by atoms with Crippen LogP contribution in [0.4, 0.5) is 0 Å². The number of carbonyl (C=O) groups is 3. The number of imide groups is 1. The van der Waals surface area contributed by atoms with Crippen LogP contribution < -0.4 is 9.47 Å². The van der Waals surface area contributed by atoms with Crippen LogP contribution >= 0.6 is 0 Å². The third-order valence-electron chi connectivity index (χ3n) is 13.1. The number of ether oxygens (including phenoxy) is 5. The van der Waals surface area contributed by atoms with Crippen molar-refractivity contribution in [2.75, 3.05) is 39.6 Å². The molecule has 0 N–H and O–H groups in total. The maximum absolute atomic E-state index is 13.1. The SMILES string of the molecule is C=C1CCC(N2C(=O)c3ccc(OCCOCCOCC45CC(COC6CC(Oc7ccc(-c8ccc9c%10cnccc%10n(C)c9c8)cn7)C6)(C4)C5)cc3C2=O)C(=O)C1. The van der Waals surface area contributed by atoms with E-state index < -0.39 is 17.9 Å². The van der Waals surface area contributed by atoms with Crippen molar-refractivity contribution < 1.29 is 38.1 Å². The van der Waals surface area contributed by atoms with Gasteiger partial charge in [-0.1, -0.05) is 24.3 Å². The molecule has 304 valence electrons. The van der Waals surface area contributed by atoms with E-state index in [1.807, 2.05) is 24.7 Å². The number of amides is 2. The van der Waals surface area contributed by atoms with Gasteiger partial charge in [-0.3, -0.25) is 24.3 Å². The van der Waals surface area contributed by atoms with Crippen LogP contribution in [0.3, 0.4) is 0 Å². The van der Waals surface area contributed by atoms with E-state index in [4.69, 9.17) is 23.7 Å². The average molecular weight is 797 g/mol. The van der Waals surface area contributed by atoms with Crippen molar-refractivity contribution in [2.45, 2.75) is 69.6 Å². The van der Waals surface area contributed by atoms with Gasteiger partial charge in [0.2, 0.25) is 5.88 Å². The van der Waals surface area contributed by atoms with Gasteiger partial charge >= 0.3 is 0 Å². The van der Waals surface area contributed by atoms with E-state index in [0.29, 0.717) is 61.9 Å². The molecule has 11 rings (SSSR count). The summed E-state index contributed by atoms with van der Waals surface area (Å²) in [7, 11) is 2.09. The second-order valence-corrected chi connectivity index (χ2v) is 17.4. The molecule has 5 aliphatic carbocycles. The van der Waals surface area contributed by atoms with Crippen molar-refractivity contribution >= 4 is 39.4 Å². The summed E-state index contributed by atoms with van der Waals surface area (Å²) in [4.78, 5) is 48.7. The monoisotopic (exact) mass is 796 g/mol. The molecule has 0 saturated heterocycles. The van der Waals surface area contributed by atoms with Gasteiger partial charge in [0.25, 0.3) is 11.8 Å². The molecule has 2 amide bonds. The highest BCUT2D eigenvalue weighted by atomic mass is 16.5. The summed E-state index contributed by atoms with van der Waals surface area (Å²) < 4.78 is 32.2. The van der Waals surface area contributed by atoms with Gasteiger partial charge in [0.05, 0.1) is 61.8 Å². The molecule has 59 heavy (non-hydrogen) atoms. The summed E-state index contributed by atoms with van der Waals surface area (Å²) in [5.41, 5.74) is 6.51. The molecule has 1 atom stereocenters. The summed E-state index contributed by atoms with van der Waals surface area (Å²) in [6.07, 6.45) is 12.5. The number of Topliss-reactive ketones (excluding diaryl/α,β-unsaturated/α-hetero) is 1. The van der Waals surface area contributed by atoms with Crippen LogP contribution in [0, 0.1) is 10.8 Å². The molecule has 1 aliphatic heterocycles. The predicted molar refractivity (Wildman–Crippen MR) is 219 cm³/mol. The maximum Gasteiger partial charge on any atom is 0.262 e.